The molecule has 3 rings (SSSR count). The van der Waals surface area contributed by atoms with Gasteiger partial charge >= 0.3 is 0 Å². The fourth-order valence-electron chi connectivity index (χ4n) is 2.50. The third-order valence-electron chi connectivity index (χ3n) is 3.78. The monoisotopic (exact) mass is 291 g/mol. The van der Waals surface area contributed by atoms with Crippen molar-refractivity contribution in [2.24, 2.45) is 0 Å². The number of hydrogen-bond donors (Lipinski definition) is 1. The molecule has 0 atom stereocenters. The highest BCUT2D eigenvalue weighted by Crippen LogP contribution is 2.31. The standard InChI is InChI=1S/C15H21N3OS/c1-15(2)6-7-18(8-9-20-15)10-13-17-14-11(16)4-3-5-12(14)19-13/h3-5H,6-10,16H2,1-2H3. The zero-order valence-electron chi connectivity index (χ0n) is 12.1. The second-order valence-electron chi connectivity index (χ2n) is 5.94. The zero-order chi connectivity index (χ0) is 14.2. The Morgan fingerprint density at radius 3 is 3.05 bits per heavy atom. The molecule has 1 fully saturated rings. The van der Waals surface area contributed by atoms with E-state index >= 15 is 0 Å². The number of benzene rings is 1. The van der Waals surface area contributed by atoms with Gasteiger partial charge in [0.25, 0.3) is 0 Å². The first-order valence-electron chi connectivity index (χ1n) is 7.04. The number of fused-ring (bicyclic) bond motifs is 1. The van der Waals surface area contributed by atoms with Crippen LogP contribution in [0.5, 0.6) is 0 Å². The molecular formula is C15H21N3OS. The topological polar surface area (TPSA) is 55.3 Å². The first-order chi connectivity index (χ1) is 9.53. The lowest BCUT2D eigenvalue weighted by Crippen LogP contribution is -2.26. The van der Waals surface area contributed by atoms with E-state index in [9.17, 15) is 0 Å². The molecule has 0 spiro atoms. The van der Waals surface area contributed by atoms with Crippen molar-refractivity contribution in [2.75, 3.05) is 24.6 Å². The van der Waals surface area contributed by atoms with Crippen LogP contribution in [0.15, 0.2) is 22.6 Å². The summed E-state index contributed by atoms with van der Waals surface area (Å²) in [6, 6.07) is 5.68. The maximum atomic E-state index is 5.92. The molecule has 1 aliphatic rings. The minimum absolute atomic E-state index is 0.375. The van der Waals surface area contributed by atoms with E-state index in [1.54, 1.807) is 0 Å². The molecule has 2 aromatic rings. The summed E-state index contributed by atoms with van der Waals surface area (Å²) in [5.41, 5.74) is 8.18. The number of rotatable bonds is 2. The summed E-state index contributed by atoms with van der Waals surface area (Å²) in [4.78, 5) is 6.95. The predicted molar refractivity (Wildman–Crippen MR) is 84.9 cm³/mol. The molecule has 1 aliphatic heterocycles. The van der Waals surface area contributed by atoms with Gasteiger partial charge in [0.15, 0.2) is 5.58 Å². The van der Waals surface area contributed by atoms with Crippen LogP contribution < -0.4 is 5.73 Å². The summed E-state index contributed by atoms with van der Waals surface area (Å²) in [6.45, 7) is 7.59. The molecule has 0 bridgehead atoms. The number of thioether (sulfide) groups is 1. The SMILES string of the molecule is CC1(C)CCN(Cc2nc3c(N)cccc3o2)CCS1. The molecule has 1 saturated heterocycles. The van der Waals surface area contributed by atoms with Crippen LogP contribution in [-0.2, 0) is 6.54 Å². The van der Waals surface area contributed by atoms with E-state index < -0.39 is 0 Å². The average Bonchev–Trinajstić information content (AvgIpc) is 2.72. The quantitative estimate of drug-likeness (QED) is 0.862. The van der Waals surface area contributed by atoms with E-state index in [0.717, 1.165) is 42.4 Å². The Morgan fingerprint density at radius 1 is 1.40 bits per heavy atom. The lowest BCUT2D eigenvalue weighted by molar-refractivity contribution is 0.251. The number of para-hydroxylation sites is 1. The Morgan fingerprint density at radius 2 is 2.25 bits per heavy atom. The van der Waals surface area contributed by atoms with Gasteiger partial charge in [-0.25, -0.2) is 4.98 Å². The van der Waals surface area contributed by atoms with E-state index in [1.165, 1.54) is 6.42 Å². The Bertz CT molecular complexity index is 608. The van der Waals surface area contributed by atoms with Crippen molar-refractivity contribution in [1.29, 1.82) is 0 Å². The minimum Gasteiger partial charge on any atom is -0.439 e. The first kappa shape index (κ1) is 13.8. The number of nitrogens with zero attached hydrogens (tertiary/aromatic N) is 2. The maximum Gasteiger partial charge on any atom is 0.209 e. The van der Waals surface area contributed by atoms with Crippen molar-refractivity contribution in [2.45, 2.75) is 31.6 Å². The van der Waals surface area contributed by atoms with Crippen LogP contribution in [0.2, 0.25) is 0 Å². The maximum absolute atomic E-state index is 5.92. The molecule has 5 heteroatoms. The molecule has 0 radical (unpaired) electrons. The third kappa shape index (κ3) is 2.94. The van der Waals surface area contributed by atoms with Gasteiger partial charge in [-0.15, -0.1) is 0 Å². The second-order valence-corrected chi connectivity index (χ2v) is 7.74. The molecule has 2 N–H and O–H groups in total. The van der Waals surface area contributed by atoms with Gasteiger partial charge in [-0.2, -0.15) is 11.8 Å². The van der Waals surface area contributed by atoms with Gasteiger partial charge in [-0.3, -0.25) is 4.90 Å². The molecule has 1 aromatic carbocycles. The molecule has 0 aliphatic carbocycles. The second kappa shape index (κ2) is 5.30. The highest BCUT2D eigenvalue weighted by atomic mass is 32.2. The van der Waals surface area contributed by atoms with Crippen molar-refractivity contribution < 1.29 is 4.42 Å². The number of oxazole rings is 1. The smallest absolute Gasteiger partial charge is 0.209 e. The van der Waals surface area contributed by atoms with Gasteiger partial charge < -0.3 is 10.2 Å². The van der Waals surface area contributed by atoms with Crippen molar-refractivity contribution in [3.8, 4) is 0 Å². The van der Waals surface area contributed by atoms with Crippen LogP contribution in [0.3, 0.4) is 0 Å². The summed E-state index contributed by atoms with van der Waals surface area (Å²) in [5, 5.41) is 0. The van der Waals surface area contributed by atoms with Crippen molar-refractivity contribution >= 4 is 28.5 Å². The Balaban J connectivity index is 1.74. The van der Waals surface area contributed by atoms with Crippen LogP contribution in [0.4, 0.5) is 5.69 Å². The van der Waals surface area contributed by atoms with E-state index in [2.05, 4.69) is 35.5 Å². The van der Waals surface area contributed by atoms with Crippen molar-refractivity contribution in [3.05, 3.63) is 24.1 Å². The summed E-state index contributed by atoms with van der Waals surface area (Å²) in [5.74, 6) is 1.93. The first-order valence-corrected chi connectivity index (χ1v) is 8.02. The van der Waals surface area contributed by atoms with Crippen LogP contribution in [0.1, 0.15) is 26.2 Å². The van der Waals surface area contributed by atoms with Gasteiger partial charge in [-0.1, -0.05) is 19.9 Å². The predicted octanol–water partition coefficient (Wildman–Crippen LogP) is 3.13. The number of hydrogen-bond acceptors (Lipinski definition) is 5. The number of nitrogen functional groups attached to an aromatic ring is 1. The zero-order valence-corrected chi connectivity index (χ0v) is 12.9. The summed E-state index contributed by atoms with van der Waals surface area (Å²) in [7, 11) is 0. The highest BCUT2D eigenvalue weighted by Gasteiger charge is 2.24. The van der Waals surface area contributed by atoms with Gasteiger partial charge in [0.1, 0.15) is 5.52 Å². The normalized spacial score (nSPS) is 20.1. The van der Waals surface area contributed by atoms with Crippen LogP contribution >= 0.6 is 11.8 Å². The minimum atomic E-state index is 0.375. The summed E-state index contributed by atoms with van der Waals surface area (Å²) >= 11 is 2.05. The molecule has 0 saturated carbocycles. The van der Waals surface area contributed by atoms with E-state index in [4.69, 9.17) is 10.2 Å². The fraction of sp³-hybridized carbons (Fsp3) is 0.533. The molecule has 108 valence electrons. The van der Waals surface area contributed by atoms with Gasteiger partial charge in [0.2, 0.25) is 5.89 Å². The van der Waals surface area contributed by atoms with E-state index in [-0.39, 0.29) is 0 Å². The number of nitrogens with two attached hydrogens (primary N) is 1. The average molecular weight is 291 g/mol. The molecule has 20 heavy (non-hydrogen) atoms. The fourth-order valence-corrected chi connectivity index (χ4v) is 3.63. The number of aromatic nitrogens is 1. The van der Waals surface area contributed by atoms with Gasteiger partial charge in [-0.05, 0) is 18.6 Å². The van der Waals surface area contributed by atoms with Crippen LogP contribution in [0, 0.1) is 0 Å². The van der Waals surface area contributed by atoms with Crippen molar-refractivity contribution in [1.82, 2.24) is 9.88 Å². The van der Waals surface area contributed by atoms with Crippen molar-refractivity contribution in [3.63, 3.8) is 0 Å². The van der Waals surface area contributed by atoms with Crippen LogP contribution in [-0.4, -0.2) is 33.5 Å². The van der Waals surface area contributed by atoms with Gasteiger partial charge in [0.05, 0.1) is 12.2 Å². The largest absolute Gasteiger partial charge is 0.439 e. The lowest BCUT2D eigenvalue weighted by Gasteiger charge is -2.21. The third-order valence-corrected chi connectivity index (χ3v) is 5.16. The molecule has 0 amide bonds. The molecule has 4 nitrogen and oxygen atoms in total. The van der Waals surface area contributed by atoms with Crippen LogP contribution in [0.25, 0.3) is 11.1 Å². The van der Waals surface area contributed by atoms with E-state index in [0.29, 0.717) is 10.4 Å². The summed E-state index contributed by atoms with van der Waals surface area (Å²) < 4.78 is 6.18. The Kier molecular flexibility index (Phi) is 3.65. The van der Waals surface area contributed by atoms with E-state index in [1.807, 2.05) is 18.2 Å². The summed E-state index contributed by atoms with van der Waals surface area (Å²) in [6.07, 6.45) is 1.19. The van der Waals surface area contributed by atoms with Gasteiger partial charge in [0, 0.05) is 23.6 Å². The number of anilines is 1. The molecule has 2 heterocycles. The Hall–Kier alpha value is -1.20. The lowest BCUT2D eigenvalue weighted by atomic mass is 10.1. The molecule has 0 unspecified atom stereocenters. The molecular weight excluding hydrogens is 270 g/mol. The molecule has 1 aromatic heterocycles. The Labute approximate surface area is 123 Å². The highest BCUT2D eigenvalue weighted by molar-refractivity contribution is 8.00.